The Kier molecular flexibility index (Phi) is 5.33. The fourth-order valence-electron chi connectivity index (χ4n) is 5.03. The third-order valence-electron chi connectivity index (χ3n) is 7.65. The first kappa shape index (κ1) is 22.4. The van der Waals surface area contributed by atoms with E-state index in [1.807, 2.05) is 52.8 Å². The molecule has 0 aromatic heterocycles. The molecule has 0 N–H and O–H groups in total. The highest BCUT2D eigenvalue weighted by Crippen LogP contribution is 2.62. The van der Waals surface area contributed by atoms with E-state index in [9.17, 15) is 9.18 Å². The molecule has 2 aliphatic carbocycles. The van der Waals surface area contributed by atoms with Gasteiger partial charge in [-0.1, -0.05) is 18.2 Å². The predicted molar refractivity (Wildman–Crippen MR) is 123 cm³/mol. The lowest BCUT2D eigenvalue weighted by atomic mass is 9.78. The molecule has 3 atom stereocenters. The van der Waals surface area contributed by atoms with Crippen molar-refractivity contribution in [3.63, 3.8) is 0 Å². The number of carbonyl (C=O) groups is 1. The molecule has 3 unspecified atom stereocenters. The highest BCUT2D eigenvalue weighted by atomic mass is 19.1. The zero-order valence-electron chi connectivity index (χ0n) is 19.8. The average Bonchev–Trinajstić information content (AvgIpc) is 3.25. The quantitative estimate of drug-likeness (QED) is 0.487. The van der Waals surface area contributed by atoms with Crippen LogP contribution in [-0.4, -0.2) is 30.9 Å². The van der Waals surface area contributed by atoms with Gasteiger partial charge in [0.15, 0.2) is 0 Å². The largest absolute Gasteiger partial charge is 0.494 e. The maximum atomic E-state index is 14.5. The summed E-state index contributed by atoms with van der Waals surface area (Å²) in [5, 5.41) is 0. The molecule has 1 saturated carbocycles. The van der Waals surface area contributed by atoms with Crippen molar-refractivity contribution in [3.8, 4) is 5.75 Å². The van der Waals surface area contributed by atoms with Crippen LogP contribution < -0.4 is 10.2 Å². The number of rotatable bonds is 6. The summed E-state index contributed by atoms with van der Waals surface area (Å²) in [5.74, 6) is 0.885. The van der Waals surface area contributed by atoms with Crippen LogP contribution in [-0.2, 0) is 31.9 Å². The zero-order valence-corrected chi connectivity index (χ0v) is 19.8. The lowest BCUT2D eigenvalue weighted by molar-refractivity contribution is -0.145. The van der Waals surface area contributed by atoms with Crippen LogP contribution in [0.2, 0.25) is 0 Å². The second-order valence-corrected chi connectivity index (χ2v) is 10.3. The van der Waals surface area contributed by atoms with Crippen molar-refractivity contribution in [2.24, 2.45) is 11.8 Å². The first-order valence-electron chi connectivity index (χ1n) is 11.7. The molecule has 5 nitrogen and oxygen atoms in total. The summed E-state index contributed by atoms with van der Waals surface area (Å²) in [6, 6.07) is 10.8. The van der Waals surface area contributed by atoms with Crippen LogP contribution in [0.15, 0.2) is 36.4 Å². The summed E-state index contributed by atoms with van der Waals surface area (Å²) in [5.41, 5.74) is 2.72. The standard InChI is InChI=1S/C26H30BFO5/c1-6-30-24(29)23-20-13-15-12-18(8-9-19(15)22(20)23)31-14-16-11-17(7-10-21(16)28)27-32-25(2,3)26(4,5)33-27/h7-12,20,22-23H,6,13-14H2,1-5H3. The minimum Gasteiger partial charge on any atom is -0.489 e. The fraction of sp³-hybridized carbons (Fsp3) is 0.500. The summed E-state index contributed by atoms with van der Waals surface area (Å²) in [7, 11) is -0.548. The Labute approximate surface area is 194 Å². The highest BCUT2D eigenvalue weighted by Gasteiger charge is 2.60. The van der Waals surface area contributed by atoms with E-state index >= 15 is 0 Å². The van der Waals surface area contributed by atoms with Gasteiger partial charge in [0, 0.05) is 11.5 Å². The van der Waals surface area contributed by atoms with Gasteiger partial charge in [-0.3, -0.25) is 4.79 Å². The van der Waals surface area contributed by atoms with Crippen molar-refractivity contribution in [2.45, 2.75) is 64.8 Å². The Morgan fingerprint density at radius 3 is 2.55 bits per heavy atom. The first-order valence-corrected chi connectivity index (χ1v) is 11.7. The van der Waals surface area contributed by atoms with Crippen molar-refractivity contribution in [3.05, 3.63) is 58.9 Å². The van der Waals surface area contributed by atoms with Crippen molar-refractivity contribution in [2.75, 3.05) is 6.61 Å². The molecule has 174 valence electrons. The van der Waals surface area contributed by atoms with Crippen LogP contribution in [0.25, 0.3) is 0 Å². The van der Waals surface area contributed by atoms with Crippen LogP contribution >= 0.6 is 0 Å². The van der Waals surface area contributed by atoms with E-state index in [1.165, 1.54) is 17.2 Å². The number of carbonyl (C=O) groups excluding carboxylic acids is 1. The van der Waals surface area contributed by atoms with Crippen molar-refractivity contribution >= 4 is 18.6 Å². The Bertz CT molecular complexity index is 1080. The number of fused-ring (bicyclic) bond motifs is 3. The molecular weight excluding hydrogens is 422 g/mol. The van der Waals surface area contributed by atoms with Gasteiger partial charge in [-0.2, -0.15) is 0 Å². The Hall–Kier alpha value is -2.38. The van der Waals surface area contributed by atoms with Gasteiger partial charge in [0.05, 0.1) is 23.7 Å². The van der Waals surface area contributed by atoms with Gasteiger partial charge in [-0.15, -0.1) is 0 Å². The summed E-state index contributed by atoms with van der Waals surface area (Å²) in [6.07, 6.45) is 0.854. The molecule has 0 bridgehead atoms. The second-order valence-electron chi connectivity index (χ2n) is 10.3. The molecule has 2 fully saturated rings. The molecule has 2 aromatic carbocycles. The van der Waals surface area contributed by atoms with Crippen molar-refractivity contribution in [1.82, 2.24) is 0 Å². The van der Waals surface area contributed by atoms with E-state index in [2.05, 4.69) is 0 Å². The van der Waals surface area contributed by atoms with Gasteiger partial charge in [0.1, 0.15) is 18.2 Å². The molecule has 0 amide bonds. The van der Waals surface area contributed by atoms with E-state index in [0.29, 0.717) is 23.8 Å². The molecule has 0 radical (unpaired) electrons. The van der Waals surface area contributed by atoms with E-state index < -0.39 is 18.3 Å². The smallest absolute Gasteiger partial charge is 0.489 e. The van der Waals surface area contributed by atoms with Gasteiger partial charge in [-0.05, 0) is 81.7 Å². The summed E-state index contributed by atoms with van der Waals surface area (Å²) >= 11 is 0. The minimum atomic E-state index is -0.548. The van der Waals surface area contributed by atoms with Crippen LogP contribution in [0.1, 0.15) is 57.2 Å². The third-order valence-corrected chi connectivity index (χ3v) is 7.65. The monoisotopic (exact) mass is 452 g/mol. The van der Waals surface area contributed by atoms with Gasteiger partial charge >= 0.3 is 13.1 Å². The van der Waals surface area contributed by atoms with Gasteiger partial charge in [-0.25, -0.2) is 4.39 Å². The number of benzene rings is 2. The molecule has 5 rings (SSSR count). The molecule has 2 aromatic rings. The second kappa shape index (κ2) is 7.85. The summed E-state index contributed by atoms with van der Waals surface area (Å²) in [4.78, 5) is 12.1. The molecular formula is C26H30BFO5. The number of hydrogen-bond acceptors (Lipinski definition) is 5. The first-order chi connectivity index (χ1) is 15.6. The Morgan fingerprint density at radius 2 is 1.85 bits per heavy atom. The fourth-order valence-corrected chi connectivity index (χ4v) is 5.03. The number of ether oxygens (including phenoxy) is 2. The van der Waals surface area contributed by atoms with E-state index in [1.54, 1.807) is 12.1 Å². The normalized spacial score (nSPS) is 26.0. The van der Waals surface area contributed by atoms with Crippen molar-refractivity contribution < 1.29 is 28.0 Å². The minimum absolute atomic E-state index is 0.00367. The molecule has 33 heavy (non-hydrogen) atoms. The van der Waals surface area contributed by atoms with Crippen LogP contribution in [0.4, 0.5) is 4.39 Å². The Balaban J connectivity index is 1.26. The zero-order chi connectivity index (χ0) is 23.5. The molecule has 1 saturated heterocycles. The van der Waals surface area contributed by atoms with E-state index in [-0.39, 0.29) is 30.2 Å². The SMILES string of the molecule is CCOC(=O)C1C2Cc3cc(OCc4cc(B5OC(C)(C)C(C)(C)O5)ccc4F)ccc3C21. The Morgan fingerprint density at radius 1 is 1.12 bits per heavy atom. The number of esters is 1. The van der Waals surface area contributed by atoms with Gasteiger partial charge in [0.2, 0.25) is 0 Å². The topological polar surface area (TPSA) is 54.0 Å². The lowest BCUT2D eigenvalue weighted by Gasteiger charge is -2.32. The highest BCUT2D eigenvalue weighted by molar-refractivity contribution is 6.62. The molecule has 7 heteroatoms. The van der Waals surface area contributed by atoms with Gasteiger partial charge < -0.3 is 18.8 Å². The molecule has 3 aliphatic rings. The van der Waals surface area contributed by atoms with E-state index in [0.717, 1.165) is 11.9 Å². The van der Waals surface area contributed by atoms with Crippen LogP contribution in [0.5, 0.6) is 5.75 Å². The predicted octanol–water partition coefficient (Wildman–Crippen LogP) is 4.15. The molecule has 1 heterocycles. The number of hydrogen-bond donors (Lipinski definition) is 0. The van der Waals surface area contributed by atoms with E-state index in [4.69, 9.17) is 18.8 Å². The summed E-state index contributed by atoms with van der Waals surface area (Å²) < 4.78 is 37.8. The van der Waals surface area contributed by atoms with Crippen molar-refractivity contribution in [1.29, 1.82) is 0 Å². The average molecular weight is 452 g/mol. The number of halogens is 1. The third kappa shape index (κ3) is 3.85. The molecule has 1 aliphatic heterocycles. The maximum Gasteiger partial charge on any atom is 0.494 e. The summed E-state index contributed by atoms with van der Waals surface area (Å²) in [6.45, 7) is 10.3. The van der Waals surface area contributed by atoms with Crippen LogP contribution in [0.3, 0.4) is 0 Å². The lowest BCUT2D eigenvalue weighted by Crippen LogP contribution is -2.41. The maximum absolute atomic E-state index is 14.5. The molecule has 0 spiro atoms. The van der Waals surface area contributed by atoms with Gasteiger partial charge in [0.25, 0.3) is 0 Å². The van der Waals surface area contributed by atoms with Crippen LogP contribution in [0, 0.1) is 17.7 Å².